The predicted octanol–water partition coefficient (Wildman–Crippen LogP) is 1.60. The molecule has 0 fully saturated rings. The van der Waals surface area contributed by atoms with Gasteiger partial charge in [-0.25, -0.2) is 0 Å². The molecule has 2 N–H and O–H groups in total. The number of fused-ring (bicyclic) bond motifs is 1. The summed E-state index contributed by atoms with van der Waals surface area (Å²) >= 11 is 0. The molecule has 1 heterocycles. The first-order valence-electron chi connectivity index (χ1n) is 9.61. The van der Waals surface area contributed by atoms with Gasteiger partial charge >= 0.3 is 5.97 Å². The number of anilines is 1. The first-order chi connectivity index (χ1) is 14.9. The highest BCUT2D eigenvalue weighted by molar-refractivity contribution is 6.21. The molecule has 0 radical (unpaired) electrons. The van der Waals surface area contributed by atoms with Gasteiger partial charge in [0.25, 0.3) is 17.7 Å². The minimum Gasteiger partial charge on any atom is -0.468 e. The van der Waals surface area contributed by atoms with Crippen LogP contribution in [0.25, 0.3) is 0 Å². The van der Waals surface area contributed by atoms with Crippen LogP contribution < -0.4 is 10.6 Å². The molecule has 9 nitrogen and oxygen atoms in total. The van der Waals surface area contributed by atoms with Crippen LogP contribution in [0, 0.1) is 0 Å². The summed E-state index contributed by atoms with van der Waals surface area (Å²) in [6, 6.07) is 12.8. The Morgan fingerprint density at radius 3 is 2.13 bits per heavy atom. The van der Waals surface area contributed by atoms with Crippen molar-refractivity contribution in [2.45, 2.75) is 12.8 Å². The molecule has 0 saturated carbocycles. The third kappa shape index (κ3) is 5.13. The third-order valence-corrected chi connectivity index (χ3v) is 4.72. The number of methoxy groups -OCH3 is 1. The summed E-state index contributed by atoms with van der Waals surface area (Å²) in [5, 5.41) is 5.12. The minimum atomic E-state index is -0.557. The molecule has 0 bridgehead atoms. The van der Waals surface area contributed by atoms with Crippen molar-refractivity contribution < 1.29 is 28.7 Å². The number of esters is 1. The van der Waals surface area contributed by atoms with E-state index in [1.165, 1.54) is 19.2 Å². The van der Waals surface area contributed by atoms with Crippen LogP contribution in [0.1, 0.15) is 43.9 Å². The highest BCUT2D eigenvalue weighted by Gasteiger charge is 2.34. The maximum absolute atomic E-state index is 12.3. The number of benzene rings is 2. The Morgan fingerprint density at radius 1 is 0.935 bits per heavy atom. The van der Waals surface area contributed by atoms with E-state index in [1.807, 2.05) is 0 Å². The van der Waals surface area contributed by atoms with Crippen LogP contribution in [-0.2, 0) is 14.3 Å². The molecule has 0 aliphatic carbocycles. The highest BCUT2D eigenvalue weighted by atomic mass is 16.5. The zero-order valence-electron chi connectivity index (χ0n) is 16.8. The van der Waals surface area contributed by atoms with Crippen molar-refractivity contribution in [3.63, 3.8) is 0 Å². The Bertz CT molecular complexity index is 997. The van der Waals surface area contributed by atoms with Crippen LogP contribution in [-0.4, -0.2) is 54.7 Å². The van der Waals surface area contributed by atoms with E-state index in [2.05, 4.69) is 15.4 Å². The van der Waals surface area contributed by atoms with Crippen LogP contribution in [0.4, 0.5) is 5.69 Å². The molecular formula is C22H21N3O6. The Labute approximate surface area is 178 Å². The Hall–Kier alpha value is -4.01. The molecule has 160 valence electrons. The van der Waals surface area contributed by atoms with Crippen molar-refractivity contribution in [2.24, 2.45) is 0 Å². The van der Waals surface area contributed by atoms with Gasteiger partial charge in [-0.3, -0.25) is 28.9 Å². The van der Waals surface area contributed by atoms with E-state index in [-0.39, 0.29) is 37.2 Å². The second kappa shape index (κ2) is 9.66. The maximum atomic E-state index is 12.3. The van der Waals surface area contributed by atoms with Crippen molar-refractivity contribution >= 4 is 35.3 Å². The van der Waals surface area contributed by atoms with Gasteiger partial charge in [0.05, 0.1) is 18.2 Å². The van der Waals surface area contributed by atoms with Gasteiger partial charge in [0.15, 0.2) is 0 Å². The second-order valence-electron chi connectivity index (χ2n) is 6.80. The van der Waals surface area contributed by atoms with Crippen molar-refractivity contribution in [3.05, 3.63) is 65.2 Å². The van der Waals surface area contributed by atoms with Crippen molar-refractivity contribution in [3.8, 4) is 0 Å². The number of imide groups is 1. The largest absolute Gasteiger partial charge is 0.468 e. The minimum absolute atomic E-state index is 0.120. The summed E-state index contributed by atoms with van der Waals surface area (Å²) in [5.74, 6) is -1.97. The summed E-state index contributed by atoms with van der Waals surface area (Å²) in [6.07, 6.45) is 0.445. The van der Waals surface area contributed by atoms with Gasteiger partial charge in [-0.05, 0) is 42.8 Å². The summed E-state index contributed by atoms with van der Waals surface area (Å²) < 4.78 is 4.45. The molecule has 31 heavy (non-hydrogen) atoms. The molecule has 0 unspecified atom stereocenters. The fraction of sp³-hybridized carbons (Fsp3) is 0.227. The van der Waals surface area contributed by atoms with Gasteiger partial charge in [-0.2, -0.15) is 0 Å². The van der Waals surface area contributed by atoms with Gasteiger partial charge in [0.2, 0.25) is 5.91 Å². The number of carbonyl (C=O) groups is 5. The van der Waals surface area contributed by atoms with Crippen molar-refractivity contribution in [1.82, 2.24) is 10.2 Å². The van der Waals surface area contributed by atoms with E-state index < -0.39 is 11.9 Å². The van der Waals surface area contributed by atoms with Crippen LogP contribution in [0.2, 0.25) is 0 Å². The van der Waals surface area contributed by atoms with E-state index in [1.54, 1.807) is 36.4 Å². The number of hydrogen-bond acceptors (Lipinski definition) is 6. The van der Waals surface area contributed by atoms with Crippen molar-refractivity contribution in [2.75, 3.05) is 25.5 Å². The SMILES string of the molecule is COC(=O)CNC(=O)c1ccc(NC(=O)CCCN2C(=O)c3ccccc3C2=O)cc1. The summed E-state index contributed by atoms with van der Waals surface area (Å²) in [4.78, 5) is 60.9. The molecule has 2 aromatic rings. The molecule has 4 amide bonds. The lowest BCUT2D eigenvalue weighted by Crippen LogP contribution is -2.31. The third-order valence-electron chi connectivity index (χ3n) is 4.72. The molecule has 3 rings (SSSR count). The molecule has 0 atom stereocenters. The van der Waals surface area contributed by atoms with Gasteiger partial charge in [0, 0.05) is 24.2 Å². The van der Waals surface area contributed by atoms with Crippen molar-refractivity contribution in [1.29, 1.82) is 0 Å². The number of rotatable bonds is 8. The monoisotopic (exact) mass is 423 g/mol. The molecule has 1 aliphatic rings. The fourth-order valence-electron chi connectivity index (χ4n) is 3.10. The standard InChI is InChI=1S/C22H21N3O6/c1-31-19(27)13-23-20(28)14-8-10-15(11-9-14)24-18(26)7-4-12-25-21(29)16-5-2-3-6-17(16)22(25)30/h2-3,5-6,8-11H,4,7,12-13H2,1H3,(H,23,28)(H,24,26). The Morgan fingerprint density at radius 2 is 1.55 bits per heavy atom. The lowest BCUT2D eigenvalue weighted by Gasteiger charge is -2.13. The number of carbonyl (C=O) groups excluding carboxylic acids is 5. The number of ether oxygens (including phenoxy) is 1. The Kier molecular flexibility index (Phi) is 6.76. The van der Waals surface area contributed by atoms with E-state index in [4.69, 9.17) is 0 Å². The summed E-state index contributed by atoms with van der Waals surface area (Å²) in [7, 11) is 1.23. The number of nitrogens with zero attached hydrogens (tertiary/aromatic N) is 1. The van der Waals surface area contributed by atoms with E-state index in [0.717, 1.165) is 4.90 Å². The zero-order chi connectivity index (χ0) is 22.4. The average molecular weight is 423 g/mol. The number of amides is 4. The average Bonchev–Trinajstić information content (AvgIpc) is 3.02. The topological polar surface area (TPSA) is 122 Å². The van der Waals surface area contributed by atoms with Gasteiger partial charge in [-0.1, -0.05) is 12.1 Å². The van der Waals surface area contributed by atoms with Gasteiger partial charge in [-0.15, -0.1) is 0 Å². The molecule has 2 aromatic carbocycles. The van der Waals surface area contributed by atoms with Crippen LogP contribution in [0.15, 0.2) is 48.5 Å². The highest BCUT2D eigenvalue weighted by Crippen LogP contribution is 2.22. The van der Waals surface area contributed by atoms with E-state index >= 15 is 0 Å². The maximum Gasteiger partial charge on any atom is 0.325 e. The normalized spacial score (nSPS) is 12.4. The van der Waals surface area contributed by atoms with E-state index in [9.17, 15) is 24.0 Å². The Balaban J connectivity index is 1.45. The molecule has 1 aliphatic heterocycles. The zero-order valence-corrected chi connectivity index (χ0v) is 16.8. The van der Waals surface area contributed by atoms with Gasteiger partial charge < -0.3 is 15.4 Å². The molecule has 0 spiro atoms. The second-order valence-corrected chi connectivity index (χ2v) is 6.80. The summed E-state index contributed by atoms with van der Waals surface area (Å²) in [5.41, 5.74) is 1.59. The van der Waals surface area contributed by atoms with Crippen LogP contribution in [0.5, 0.6) is 0 Å². The lowest BCUT2D eigenvalue weighted by molar-refractivity contribution is -0.139. The predicted molar refractivity (Wildman–Crippen MR) is 110 cm³/mol. The first kappa shape index (κ1) is 21.7. The van der Waals surface area contributed by atoms with E-state index in [0.29, 0.717) is 28.8 Å². The lowest BCUT2D eigenvalue weighted by atomic mass is 10.1. The quantitative estimate of drug-likeness (QED) is 0.491. The van der Waals surface area contributed by atoms with Crippen LogP contribution in [0.3, 0.4) is 0 Å². The molecule has 0 aromatic heterocycles. The summed E-state index contributed by atoms with van der Waals surface area (Å²) in [6.45, 7) is -0.0833. The number of nitrogens with one attached hydrogen (secondary N) is 2. The molecule has 9 heteroatoms. The fourth-order valence-corrected chi connectivity index (χ4v) is 3.10. The first-order valence-corrected chi connectivity index (χ1v) is 9.61. The molecule has 0 saturated heterocycles. The number of hydrogen-bond donors (Lipinski definition) is 2. The van der Waals surface area contributed by atoms with Crippen LogP contribution >= 0.6 is 0 Å². The van der Waals surface area contributed by atoms with Gasteiger partial charge in [0.1, 0.15) is 6.54 Å². The molecular weight excluding hydrogens is 402 g/mol. The smallest absolute Gasteiger partial charge is 0.325 e.